The van der Waals surface area contributed by atoms with E-state index in [-0.39, 0.29) is 25.0 Å². The lowest BCUT2D eigenvalue weighted by atomic mass is 10.1. The number of carbonyl (C=O) groups excluding carboxylic acids is 2. The van der Waals surface area contributed by atoms with Crippen LogP contribution in [0.15, 0.2) is 11.4 Å². The molecule has 2 rings (SSSR count). The smallest absolute Gasteiger partial charge is 0.326 e. The van der Waals surface area contributed by atoms with Crippen molar-refractivity contribution >= 4 is 23.2 Å². The SMILES string of the molecule is CN(CC(=O)OC(C)(C)C)C(=O)C[C@H]1OCCc2ccsc21. The number of ether oxygens (including phenoxy) is 2. The number of fused-ring (bicyclic) bond motifs is 1. The Bertz CT molecular complexity index is 547. The van der Waals surface area contributed by atoms with Crippen LogP contribution in [0, 0.1) is 0 Å². The van der Waals surface area contributed by atoms with Crippen LogP contribution in [0.2, 0.25) is 0 Å². The summed E-state index contributed by atoms with van der Waals surface area (Å²) in [6, 6.07) is 2.09. The minimum Gasteiger partial charge on any atom is -0.459 e. The number of esters is 1. The second-order valence-corrected chi connectivity index (χ2v) is 7.41. The Morgan fingerprint density at radius 2 is 2.18 bits per heavy atom. The lowest BCUT2D eigenvalue weighted by Gasteiger charge is -2.26. The monoisotopic (exact) mass is 325 g/mol. The first-order valence-corrected chi connectivity index (χ1v) is 8.28. The van der Waals surface area contributed by atoms with E-state index >= 15 is 0 Å². The molecule has 1 aromatic heterocycles. The molecule has 5 nitrogen and oxygen atoms in total. The molecule has 1 aliphatic rings. The predicted octanol–water partition coefficient (Wildman–Crippen LogP) is 2.55. The molecule has 22 heavy (non-hydrogen) atoms. The summed E-state index contributed by atoms with van der Waals surface area (Å²) in [7, 11) is 1.62. The molecule has 0 unspecified atom stereocenters. The molecule has 0 bridgehead atoms. The Labute approximate surface area is 135 Å². The molecule has 1 aliphatic heterocycles. The van der Waals surface area contributed by atoms with Crippen molar-refractivity contribution in [3.63, 3.8) is 0 Å². The highest BCUT2D eigenvalue weighted by atomic mass is 32.1. The van der Waals surface area contributed by atoms with Gasteiger partial charge in [-0.1, -0.05) is 0 Å². The first-order chi connectivity index (χ1) is 10.3. The number of thiophene rings is 1. The standard InChI is InChI=1S/C16H23NO4S/c1-16(2,3)21-14(19)10-17(4)13(18)9-12-15-11(5-7-20-12)6-8-22-15/h6,8,12H,5,7,9-10H2,1-4H3/t12-/m1/s1. The normalized spacial score (nSPS) is 17.7. The summed E-state index contributed by atoms with van der Waals surface area (Å²) in [5.74, 6) is -0.512. The zero-order valence-corrected chi connectivity index (χ0v) is 14.4. The maximum Gasteiger partial charge on any atom is 0.326 e. The maximum atomic E-state index is 12.3. The molecular weight excluding hydrogens is 302 g/mol. The molecule has 1 aromatic rings. The van der Waals surface area contributed by atoms with Crippen LogP contribution in [0.1, 0.15) is 43.7 Å². The van der Waals surface area contributed by atoms with Crippen molar-refractivity contribution in [1.29, 1.82) is 0 Å². The lowest BCUT2D eigenvalue weighted by Crippen LogP contribution is -2.37. The molecule has 0 fully saturated rings. The zero-order chi connectivity index (χ0) is 16.3. The number of nitrogens with zero attached hydrogens (tertiary/aromatic N) is 1. The molecule has 0 spiro atoms. The fourth-order valence-corrected chi connectivity index (χ4v) is 3.35. The van der Waals surface area contributed by atoms with Crippen LogP contribution in [0.25, 0.3) is 0 Å². The van der Waals surface area contributed by atoms with Gasteiger partial charge in [-0.15, -0.1) is 11.3 Å². The molecule has 2 heterocycles. The highest BCUT2D eigenvalue weighted by Gasteiger charge is 2.27. The molecule has 0 N–H and O–H groups in total. The zero-order valence-electron chi connectivity index (χ0n) is 13.5. The number of carbonyl (C=O) groups is 2. The number of hydrogen-bond acceptors (Lipinski definition) is 5. The number of hydrogen-bond donors (Lipinski definition) is 0. The Kier molecular flexibility index (Phi) is 5.24. The van der Waals surface area contributed by atoms with E-state index in [4.69, 9.17) is 9.47 Å². The molecule has 1 atom stereocenters. The third kappa shape index (κ3) is 4.55. The first kappa shape index (κ1) is 17.0. The van der Waals surface area contributed by atoms with E-state index in [1.807, 2.05) is 5.38 Å². The van der Waals surface area contributed by atoms with Crippen LogP contribution in [0.5, 0.6) is 0 Å². The summed E-state index contributed by atoms with van der Waals surface area (Å²) in [4.78, 5) is 26.6. The average Bonchev–Trinajstić information content (AvgIpc) is 2.85. The van der Waals surface area contributed by atoms with Crippen molar-refractivity contribution < 1.29 is 19.1 Å². The van der Waals surface area contributed by atoms with Crippen LogP contribution < -0.4 is 0 Å². The Hall–Kier alpha value is -1.40. The third-order valence-corrected chi connectivity index (χ3v) is 4.39. The highest BCUT2D eigenvalue weighted by Crippen LogP contribution is 2.34. The van der Waals surface area contributed by atoms with E-state index < -0.39 is 11.6 Å². The summed E-state index contributed by atoms with van der Waals surface area (Å²) in [6.07, 6.45) is 0.960. The van der Waals surface area contributed by atoms with Gasteiger partial charge in [0.25, 0.3) is 0 Å². The Morgan fingerprint density at radius 1 is 1.45 bits per heavy atom. The van der Waals surface area contributed by atoms with Crippen LogP contribution in [0.4, 0.5) is 0 Å². The first-order valence-electron chi connectivity index (χ1n) is 7.40. The number of likely N-dealkylation sites (N-methyl/N-ethyl adjacent to an activating group) is 1. The van der Waals surface area contributed by atoms with Crippen LogP contribution in [0.3, 0.4) is 0 Å². The average molecular weight is 325 g/mol. The van der Waals surface area contributed by atoms with Crippen LogP contribution >= 0.6 is 11.3 Å². The van der Waals surface area contributed by atoms with Gasteiger partial charge in [-0.25, -0.2) is 0 Å². The molecule has 0 saturated heterocycles. The molecule has 1 amide bonds. The Balaban J connectivity index is 1.89. The molecule has 0 aromatic carbocycles. The fraction of sp³-hybridized carbons (Fsp3) is 0.625. The van der Waals surface area contributed by atoms with Crippen molar-refractivity contribution in [2.45, 2.75) is 45.3 Å². The molecule has 0 radical (unpaired) electrons. The van der Waals surface area contributed by atoms with E-state index in [2.05, 4.69) is 6.07 Å². The van der Waals surface area contributed by atoms with Gasteiger partial charge in [0.05, 0.1) is 13.0 Å². The summed E-state index contributed by atoms with van der Waals surface area (Å²) in [5, 5.41) is 2.03. The van der Waals surface area contributed by atoms with Gasteiger partial charge in [0.2, 0.25) is 5.91 Å². The number of rotatable bonds is 4. The van der Waals surface area contributed by atoms with Crippen molar-refractivity contribution in [2.75, 3.05) is 20.2 Å². The maximum absolute atomic E-state index is 12.3. The van der Waals surface area contributed by atoms with Gasteiger partial charge < -0.3 is 14.4 Å². The summed E-state index contributed by atoms with van der Waals surface area (Å²) < 4.78 is 10.9. The van der Waals surface area contributed by atoms with Crippen molar-refractivity contribution in [2.24, 2.45) is 0 Å². The third-order valence-electron chi connectivity index (χ3n) is 3.34. The second kappa shape index (κ2) is 6.79. The largest absolute Gasteiger partial charge is 0.459 e. The quantitative estimate of drug-likeness (QED) is 0.798. The van der Waals surface area contributed by atoms with Crippen LogP contribution in [-0.4, -0.2) is 42.6 Å². The fourth-order valence-electron chi connectivity index (χ4n) is 2.34. The molecule has 0 aliphatic carbocycles. The van der Waals surface area contributed by atoms with Crippen molar-refractivity contribution in [3.8, 4) is 0 Å². The lowest BCUT2D eigenvalue weighted by molar-refractivity contribution is -0.158. The minimum atomic E-state index is -0.542. The minimum absolute atomic E-state index is 0.0415. The van der Waals surface area contributed by atoms with Gasteiger partial charge in [0.15, 0.2) is 0 Å². The van der Waals surface area contributed by atoms with Gasteiger partial charge in [0.1, 0.15) is 18.2 Å². The topological polar surface area (TPSA) is 55.8 Å². The van der Waals surface area contributed by atoms with E-state index in [0.29, 0.717) is 6.61 Å². The molecular formula is C16H23NO4S. The molecule has 0 saturated carbocycles. The van der Waals surface area contributed by atoms with Crippen molar-refractivity contribution in [1.82, 2.24) is 4.90 Å². The van der Waals surface area contributed by atoms with E-state index in [1.54, 1.807) is 39.2 Å². The van der Waals surface area contributed by atoms with Gasteiger partial charge in [-0.2, -0.15) is 0 Å². The molecule has 6 heteroatoms. The van der Waals surface area contributed by atoms with Gasteiger partial charge in [-0.05, 0) is 44.2 Å². The Morgan fingerprint density at radius 3 is 2.86 bits per heavy atom. The predicted molar refractivity (Wildman–Crippen MR) is 84.8 cm³/mol. The van der Waals surface area contributed by atoms with Crippen LogP contribution in [-0.2, 0) is 25.5 Å². The summed E-state index contributed by atoms with van der Waals surface area (Å²) >= 11 is 1.62. The summed E-state index contributed by atoms with van der Waals surface area (Å²) in [6.45, 7) is 6.01. The van der Waals surface area contributed by atoms with Gasteiger partial charge in [-0.3, -0.25) is 9.59 Å². The number of amides is 1. The van der Waals surface area contributed by atoms with E-state index in [9.17, 15) is 9.59 Å². The second-order valence-electron chi connectivity index (χ2n) is 6.46. The van der Waals surface area contributed by atoms with Gasteiger partial charge >= 0.3 is 5.97 Å². The molecule has 122 valence electrons. The van der Waals surface area contributed by atoms with Crippen molar-refractivity contribution in [3.05, 3.63) is 21.9 Å². The van der Waals surface area contributed by atoms with Gasteiger partial charge in [0, 0.05) is 11.9 Å². The van der Waals surface area contributed by atoms with E-state index in [1.165, 1.54) is 10.5 Å². The van der Waals surface area contributed by atoms with E-state index in [0.717, 1.165) is 11.3 Å². The highest BCUT2D eigenvalue weighted by molar-refractivity contribution is 7.10. The summed E-state index contributed by atoms with van der Waals surface area (Å²) in [5.41, 5.74) is 0.725.